The average Bonchev–Trinajstić information content (AvgIpc) is 3.02. The van der Waals surface area contributed by atoms with E-state index in [0.717, 1.165) is 17.3 Å². The van der Waals surface area contributed by atoms with Crippen molar-refractivity contribution < 1.29 is 17.9 Å². The van der Waals surface area contributed by atoms with Crippen LogP contribution in [0.3, 0.4) is 0 Å². The Labute approximate surface area is 202 Å². The first-order valence-electron chi connectivity index (χ1n) is 9.32. The number of ether oxygens (including phenoxy) is 1. The van der Waals surface area contributed by atoms with Crippen molar-refractivity contribution in [2.75, 3.05) is 27.2 Å². The molecule has 174 valence electrons. The molecule has 0 bridgehead atoms. The summed E-state index contributed by atoms with van der Waals surface area (Å²) in [6.07, 6.45) is -1.82. The molecule has 31 heavy (non-hydrogen) atoms. The third-order valence-corrected chi connectivity index (χ3v) is 4.49. The second-order valence-electron chi connectivity index (χ2n) is 7.06. The van der Waals surface area contributed by atoms with Gasteiger partial charge in [-0.1, -0.05) is 25.4 Å². The summed E-state index contributed by atoms with van der Waals surface area (Å²) < 4.78 is 45.2. The first kappa shape index (κ1) is 27.3. The maximum Gasteiger partial charge on any atom is 0.417 e. The standard InChI is InChI=1S/C19H26ClF3N6O.HI/c1-12(2)16-13(11-29(5)27-16)10-28(4)18(24-3)25-6-7-30-17-15(20)8-14(9-26-17)19(21,22)23;/h8-9,11-12H,6-7,10H2,1-5H3,(H,24,25);1H. The Morgan fingerprint density at radius 2 is 2.06 bits per heavy atom. The topological polar surface area (TPSA) is 67.6 Å². The normalized spacial score (nSPS) is 12.0. The van der Waals surface area contributed by atoms with Gasteiger partial charge >= 0.3 is 6.18 Å². The second-order valence-corrected chi connectivity index (χ2v) is 7.46. The van der Waals surface area contributed by atoms with Crippen molar-refractivity contribution >= 4 is 41.5 Å². The zero-order valence-corrected chi connectivity index (χ0v) is 21.1. The zero-order valence-electron chi connectivity index (χ0n) is 18.0. The molecule has 12 heteroatoms. The Morgan fingerprint density at radius 3 is 2.61 bits per heavy atom. The molecule has 0 saturated heterocycles. The van der Waals surface area contributed by atoms with Crippen LogP contribution in [0.5, 0.6) is 5.88 Å². The summed E-state index contributed by atoms with van der Waals surface area (Å²) in [6, 6.07) is 0.796. The lowest BCUT2D eigenvalue weighted by Gasteiger charge is -2.22. The molecule has 0 radical (unpaired) electrons. The zero-order chi connectivity index (χ0) is 22.5. The molecule has 0 unspecified atom stereocenters. The summed E-state index contributed by atoms with van der Waals surface area (Å²) in [5, 5.41) is 7.46. The van der Waals surface area contributed by atoms with Gasteiger partial charge in [0.1, 0.15) is 11.6 Å². The molecule has 1 N–H and O–H groups in total. The van der Waals surface area contributed by atoms with E-state index in [9.17, 15) is 13.2 Å². The molecule has 2 aromatic rings. The maximum atomic E-state index is 12.7. The highest BCUT2D eigenvalue weighted by Gasteiger charge is 2.31. The fourth-order valence-corrected chi connectivity index (χ4v) is 3.10. The van der Waals surface area contributed by atoms with E-state index in [1.807, 2.05) is 25.2 Å². The van der Waals surface area contributed by atoms with E-state index in [1.165, 1.54) is 0 Å². The van der Waals surface area contributed by atoms with Gasteiger partial charge < -0.3 is 15.0 Å². The minimum Gasteiger partial charge on any atom is -0.475 e. The Balaban J connectivity index is 0.00000480. The molecule has 7 nitrogen and oxygen atoms in total. The molecular weight excluding hydrogens is 548 g/mol. The summed E-state index contributed by atoms with van der Waals surface area (Å²) in [6.45, 7) is 5.32. The lowest BCUT2D eigenvalue weighted by Crippen LogP contribution is -2.40. The molecule has 2 heterocycles. The number of rotatable bonds is 7. The highest BCUT2D eigenvalue weighted by atomic mass is 127. The quantitative estimate of drug-likeness (QED) is 0.231. The lowest BCUT2D eigenvalue weighted by molar-refractivity contribution is -0.137. The predicted octanol–water partition coefficient (Wildman–Crippen LogP) is 4.31. The molecule has 0 atom stereocenters. The molecular formula is C19H27ClF3IN6O. The van der Waals surface area contributed by atoms with Crippen molar-refractivity contribution in [2.45, 2.75) is 32.5 Å². The summed E-state index contributed by atoms with van der Waals surface area (Å²) in [5.41, 5.74) is 1.22. The van der Waals surface area contributed by atoms with E-state index < -0.39 is 11.7 Å². The van der Waals surface area contributed by atoms with Gasteiger partial charge in [-0.25, -0.2) is 4.98 Å². The minimum absolute atomic E-state index is 0. The van der Waals surface area contributed by atoms with Gasteiger partial charge in [0, 0.05) is 45.6 Å². The highest BCUT2D eigenvalue weighted by Crippen LogP contribution is 2.33. The van der Waals surface area contributed by atoms with Gasteiger partial charge in [0.25, 0.3) is 0 Å². The third-order valence-electron chi connectivity index (χ3n) is 4.22. The monoisotopic (exact) mass is 574 g/mol. The van der Waals surface area contributed by atoms with Crippen LogP contribution in [-0.4, -0.2) is 52.9 Å². The van der Waals surface area contributed by atoms with Gasteiger partial charge in [-0.15, -0.1) is 24.0 Å². The van der Waals surface area contributed by atoms with Gasteiger partial charge in [-0.05, 0) is 12.0 Å². The van der Waals surface area contributed by atoms with E-state index >= 15 is 0 Å². The number of nitrogens with zero attached hydrogens (tertiary/aromatic N) is 5. The van der Waals surface area contributed by atoms with Crippen LogP contribution < -0.4 is 10.1 Å². The summed E-state index contributed by atoms with van der Waals surface area (Å²) in [7, 11) is 5.46. The summed E-state index contributed by atoms with van der Waals surface area (Å²) in [5.74, 6) is 0.898. The predicted molar refractivity (Wildman–Crippen MR) is 125 cm³/mol. The molecule has 0 aliphatic heterocycles. The van der Waals surface area contributed by atoms with Crippen LogP contribution in [-0.2, 0) is 19.8 Å². The third kappa shape index (κ3) is 7.70. The number of aliphatic imine (C=N–C) groups is 1. The number of hydrogen-bond acceptors (Lipinski definition) is 4. The smallest absolute Gasteiger partial charge is 0.417 e. The highest BCUT2D eigenvalue weighted by molar-refractivity contribution is 14.0. The number of pyridine rings is 1. The van der Waals surface area contributed by atoms with Gasteiger partial charge in [0.15, 0.2) is 5.96 Å². The van der Waals surface area contributed by atoms with Gasteiger partial charge in [-0.3, -0.25) is 9.67 Å². The molecule has 0 fully saturated rings. The van der Waals surface area contributed by atoms with Crippen molar-refractivity contribution in [3.63, 3.8) is 0 Å². The molecule has 2 aromatic heterocycles. The van der Waals surface area contributed by atoms with Gasteiger partial charge in [0.05, 0.1) is 17.8 Å². The van der Waals surface area contributed by atoms with Crippen molar-refractivity contribution in [3.05, 3.63) is 40.3 Å². The fourth-order valence-electron chi connectivity index (χ4n) is 2.88. The molecule has 0 spiro atoms. The van der Waals surface area contributed by atoms with E-state index in [4.69, 9.17) is 16.3 Å². The van der Waals surface area contributed by atoms with Crippen LogP contribution in [0, 0.1) is 0 Å². The summed E-state index contributed by atoms with van der Waals surface area (Å²) in [4.78, 5) is 9.85. The van der Waals surface area contributed by atoms with Crippen LogP contribution in [0.15, 0.2) is 23.5 Å². The van der Waals surface area contributed by atoms with Crippen molar-refractivity contribution in [1.29, 1.82) is 0 Å². The average molecular weight is 575 g/mol. The molecule has 0 amide bonds. The van der Waals surface area contributed by atoms with E-state index in [-0.39, 0.29) is 41.5 Å². The van der Waals surface area contributed by atoms with Crippen LogP contribution >= 0.6 is 35.6 Å². The summed E-state index contributed by atoms with van der Waals surface area (Å²) >= 11 is 5.84. The number of hydrogen-bond donors (Lipinski definition) is 1. The molecule has 0 aromatic carbocycles. The molecule has 0 aliphatic rings. The Kier molecular flexibility index (Phi) is 10.3. The molecule has 2 rings (SSSR count). The first-order valence-corrected chi connectivity index (χ1v) is 9.70. The Morgan fingerprint density at radius 1 is 1.39 bits per heavy atom. The van der Waals surface area contributed by atoms with Crippen molar-refractivity contribution in [1.82, 2.24) is 25.0 Å². The largest absolute Gasteiger partial charge is 0.475 e. The van der Waals surface area contributed by atoms with Gasteiger partial charge in [-0.2, -0.15) is 18.3 Å². The van der Waals surface area contributed by atoms with E-state index in [0.29, 0.717) is 31.2 Å². The van der Waals surface area contributed by atoms with Crippen LogP contribution in [0.1, 0.15) is 36.6 Å². The number of halogens is 5. The SMILES string of the molecule is CN=C(NCCOc1ncc(C(F)(F)F)cc1Cl)N(C)Cc1cn(C)nc1C(C)C.I. The number of alkyl halides is 3. The number of nitrogens with one attached hydrogen (secondary N) is 1. The van der Waals surface area contributed by atoms with Crippen LogP contribution in [0.2, 0.25) is 5.02 Å². The molecule has 0 aliphatic carbocycles. The first-order chi connectivity index (χ1) is 14.0. The van der Waals surface area contributed by atoms with Crippen LogP contribution in [0.25, 0.3) is 0 Å². The van der Waals surface area contributed by atoms with Gasteiger partial charge in [0.2, 0.25) is 5.88 Å². The number of guanidine groups is 1. The molecule has 0 saturated carbocycles. The van der Waals surface area contributed by atoms with Crippen LogP contribution in [0.4, 0.5) is 13.2 Å². The van der Waals surface area contributed by atoms with Crippen molar-refractivity contribution in [3.8, 4) is 5.88 Å². The number of aromatic nitrogens is 3. The Hall–Kier alpha value is -1.76. The van der Waals surface area contributed by atoms with E-state index in [2.05, 4.69) is 34.2 Å². The second kappa shape index (κ2) is 11.7. The lowest BCUT2D eigenvalue weighted by atomic mass is 10.1. The van der Waals surface area contributed by atoms with Crippen molar-refractivity contribution in [2.24, 2.45) is 12.0 Å². The fraction of sp³-hybridized carbons (Fsp3) is 0.526. The number of aryl methyl sites for hydroxylation is 1. The maximum absolute atomic E-state index is 12.7. The van der Waals surface area contributed by atoms with E-state index in [1.54, 1.807) is 11.7 Å². The minimum atomic E-state index is -4.50. The Bertz CT molecular complexity index is 888.